The second-order valence-corrected chi connectivity index (χ2v) is 6.73. The van der Waals surface area contributed by atoms with E-state index in [2.05, 4.69) is 20.1 Å². The molecule has 0 atom stereocenters. The van der Waals surface area contributed by atoms with Gasteiger partial charge < -0.3 is 10.1 Å². The molecule has 0 bridgehead atoms. The summed E-state index contributed by atoms with van der Waals surface area (Å²) in [6, 6.07) is 13.8. The monoisotopic (exact) mass is 426 g/mol. The highest BCUT2D eigenvalue weighted by Crippen LogP contribution is 2.30. The summed E-state index contributed by atoms with van der Waals surface area (Å²) in [5.74, 6) is -0.956. The van der Waals surface area contributed by atoms with Crippen molar-refractivity contribution < 1.29 is 22.7 Å². The molecule has 158 valence electrons. The van der Waals surface area contributed by atoms with Crippen LogP contribution in [-0.4, -0.2) is 27.3 Å². The number of carbonyl (C=O) groups is 1. The molecule has 0 fully saturated rings. The maximum absolute atomic E-state index is 13.3. The summed E-state index contributed by atoms with van der Waals surface area (Å²) in [4.78, 5) is 16.9. The molecule has 2 aromatic carbocycles. The van der Waals surface area contributed by atoms with Crippen LogP contribution in [0, 0.1) is 12.7 Å². The number of amides is 1. The lowest BCUT2D eigenvalue weighted by Crippen LogP contribution is -2.20. The first kappa shape index (κ1) is 20.4. The second kappa shape index (κ2) is 8.47. The predicted octanol–water partition coefficient (Wildman–Crippen LogP) is 4.79. The number of benzene rings is 2. The summed E-state index contributed by atoms with van der Waals surface area (Å²) in [5, 5.41) is 7.72. The van der Waals surface area contributed by atoms with Crippen LogP contribution in [-0.2, 0) is 11.3 Å². The van der Waals surface area contributed by atoms with Crippen molar-refractivity contribution in [2.75, 3.05) is 5.32 Å². The molecule has 0 spiro atoms. The minimum atomic E-state index is -3.01. The number of carbonyl (C=O) groups excluding carboxylic acids is 1. The van der Waals surface area contributed by atoms with E-state index in [1.165, 1.54) is 35.0 Å². The molecular formula is C22H17F3N4O2. The number of hydrogen-bond acceptors (Lipinski definition) is 4. The Balaban J connectivity index is 1.62. The molecule has 0 aliphatic heterocycles. The van der Waals surface area contributed by atoms with Gasteiger partial charge in [0.1, 0.15) is 18.1 Å². The molecular weight excluding hydrogens is 409 g/mol. The highest BCUT2D eigenvalue weighted by Gasteiger charge is 2.17. The lowest BCUT2D eigenvalue weighted by Gasteiger charge is -2.11. The molecule has 1 N–H and O–H groups in total. The SMILES string of the molecule is Cc1nn(CC(=O)Nc2ccccc2OC(F)F)c2nccc(-c3ccc(F)cc3)c12. The van der Waals surface area contributed by atoms with Gasteiger partial charge in [0.15, 0.2) is 5.65 Å². The normalized spacial score (nSPS) is 11.1. The summed E-state index contributed by atoms with van der Waals surface area (Å²) in [6.45, 7) is -1.41. The molecule has 0 saturated carbocycles. The molecule has 6 nitrogen and oxygen atoms in total. The molecule has 31 heavy (non-hydrogen) atoms. The molecule has 4 aromatic rings. The molecule has 4 rings (SSSR count). The zero-order valence-electron chi connectivity index (χ0n) is 16.3. The fourth-order valence-electron chi connectivity index (χ4n) is 3.36. The summed E-state index contributed by atoms with van der Waals surface area (Å²) in [7, 11) is 0. The number of para-hydroxylation sites is 2. The van der Waals surface area contributed by atoms with Crippen molar-refractivity contribution in [3.63, 3.8) is 0 Å². The summed E-state index contributed by atoms with van der Waals surface area (Å²) in [5.41, 5.74) is 2.85. The van der Waals surface area contributed by atoms with Crippen LogP contribution in [0.25, 0.3) is 22.2 Å². The van der Waals surface area contributed by atoms with E-state index in [9.17, 15) is 18.0 Å². The third-order valence-electron chi connectivity index (χ3n) is 4.63. The van der Waals surface area contributed by atoms with Crippen molar-refractivity contribution >= 4 is 22.6 Å². The number of nitrogens with zero attached hydrogens (tertiary/aromatic N) is 3. The Bertz CT molecular complexity index is 1240. The fraction of sp³-hybridized carbons (Fsp3) is 0.136. The van der Waals surface area contributed by atoms with Gasteiger partial charge in [-0.05, 0) is 48.4 Å². The Labute approximate surface area is 175 Å². The average molecular weight is 426 g/mol. The van der Waals surface area contributed by atoms with Crippen molar-refractivity contribution in [2.45, 2.75) is 20.1 Å². The fourth-order valence-corrected chi connectivity index (χ4v) is 3.36. The van der Waals surface area contributed by atoms with Crippen molar-refractivity contribution in [1.29, 1.82) is 0 Å². The number of nitrogens with one attached hydrogen (secondary N) is 1. The topological polar surface area (TPSA) is 69.0 Å². The van der Waals surface area contributed by atoms with Crippen molar-refractivity contribution in [3.8, 4) is 16.9 Å². The first-order chi connectivity index (χ1) is 14.9. The maximum Gasteiger partial charge on any atom is 0.387 e. The molecule has 0 radical (unpaired) electrons. The number of fused-ring (bicyclic) bond motifs is 1. The minimum Gasteiger partial charge on any atom is -0.433 e. The van der Waals surface area contributed by atoms with Crippen molar-refractivity contribution in [1.82, 2.24) is 14.8 Å². The van der Waals surface area contributed by atoms with E-state index in [0.717, 1.165) is 16.5 Å². The van der Waals surface area contributed by atoms with Crippen LogP contribution >= 0.6 is 0 Å². The van der Waals surface area contributed by atoms with Gasteiger partial charge in [0.05, 0.1) is 11.4 Å². The van der Waals surface area contributed by atoms with Gasteiger partial charge in [-0.1, -0.05) is 24.3 Å². The summed E-state index contributed by atoms with van der Waals surface area (Å²) in [6.07, 6.45) is 1.59. The van der Waals surface area contributed by atoms with E-state index in [1.54, 1.807) is 37.4 Å². The number of halogens is 3. The van der Waals surface area contributed by atoms with Gasteiger partial charge in [0.25, 0.3) is 0 Å². The van der Waals surface area contributed by atoms with E-state index in [0.29, 0.717) is 11.3 Å². The number of aromatic nitrogens is 3. The summed E-state index contributed by atoms with van der Waals surface area (Å²) >= 11 is 0. The van der Waals surface area contributed by atoms with Crippen LogP contribution in [0.2, 0.25) is 0 Å². The standard InChI is InChI=1S/C22H17F3N4O2/c1-13-20-16(14-6-8-15(23)9-7-14)10-11-26-21(20)29(28-13)12-19(30)27-17-4-2-3-5-18(17)31-22(24)25/h2-11,22H,12H2,1H3,(H,27,30). The van der Waals surface area contributed by atoms with Gasteiger partial charge >= 0.3 is 6.61 Å². The van der Waals surface area contributed by atoms with Crippen LogP contribution in [0.1, 0.15) is 5.69 Å². The molecule has 0 saturated heterocycles. The van der Waals surface area contributed by atoms with Gasteiger partial charge in [-0.25, -0.2) is 14.1 Å². The molecule has 0 aliphatic carbocycles. The Morgan fingerprint density at radius 3 is 2.61 bits per heavy atom. The van der Waals surface area contributed by atoms with Gasteiger partial charge in [-0.2, -0.15) is 13.9 Å². The zero-order chi connectivity index (χ0) is 22.0. The number of rotatable bonds is 6. The number of ether oxygens (including phenoxy) is 1. The Morgan fingerprint density at radius 2 is 1.87 bits per heavy atom. The van der Waals surface area contributed by atoms with Crippen LogP contribution in [0.4, 0.5) is 18.9 Å². The Hall–Kier alpha value is -3.88. The lowest BCUT2D eigenvalue weighted by atomic mass is 10.0. The lowest BCUT2D eigenvalue weighted by molar-refractivity contribution is -0.116. The molecule has 0 unspecified atom stereocenters. The van der Waals surface area contributed by atoms with Crippen molar-refractivity contribution in [3.05, 3.63) is 72.3 Å². The highest BCUT2D eigenvalue weighted by atomic mass is 19.3. The molecule has 0 aliphatic rings. The molecule has 1 amide bonds. The predicted molar refractivity (Wildman–Crippen MR) is 109 cm³/mol. The van der Waals surface area contributed by atoms with E-state index in [-0.39, 0.29) is 23.8 Å². The maximum atomic E-state index is 13.3. The third kappa shape index (κ3) is 4.35. The number of pyridine rings is 1. The highest BCUT2D eigenvalue weighted by molar-refractivity contribution is 5.96. The summed E-state index contributed by atoms with van der Waals surface area (Å²) < 4.78 is 44.3. The van der Waals surface area contributed by atoms with E-state index in [1.807, 2.05) is 0 Å². The number of anilines is 1. The first-order valence-corrected chi connectivity index (χ1v) is 9.34. The zero-order valence-corrected chi connectivity index (χ0v) is 16.3. The van der Waals surface area contributed by atoms with Crippen LogP contribution in [0.15, 0.2) is 60.8 Å². The van der Waals surface area contributed by atoms with Gasteiger partial charge in [0, 0.05) is 11.6 Å². The van der Waals surface area contributed by atoms with E-state index in [4.69, 9.17) is 0 Å². The largest absolute Gasteiger partial charge is 0.433 e. The smallest absolute Gasteiger partial charge is 0.387 e. The first-order valence-electron chi connectivity index (χ1n) is 9.34. The van der Waals surface area contributed by atoms with E-state index >= 15 is 0 Å². The third-order valence-corrected chi connectivity index (χ3v) is 4.63. The molecule has 2 aromatic heterocycles. The van der Waals surface area contributed by atoms with E-state index < -0.39 is 12.5 Å². The quantitative estimate of drug-likeness (QED) is 0.482. The van der Waals surface area contributed by atoms with Crippen LogP contribution in [0.5, 0.6) is 5.75 Å². The number of aryl methyl sites for hydroxylation is 1. The van der Waals surface area contributed by atoms with Crippen LogP contribution in [0.3, 0.4) is 0 Å². The Kier molecular flexibility index (Phi) is 5.57. The van der Waals surface area contributed by atoms with Gasteiger partial charge in [-0.3, -0.25) is 4.79 Å². The second-order valence-electron chi connectivity index (χ2n) is 6.73. The molecule has 2 heterocycles. The Morgan fingerprint density at radius 1 is 1.13 bits per heavy atom. The minimum absolute atomic E-state index is 0.126. The van der Waals surface area contributed by atoms with Gasteiger partial charge in [-0.15, -0.1) is 0 Å². The van der Waals surface area contributed by atoms with Crippen LogP contribution < -0.4 is 10.1 Å². The van der Waals surface area contributed by atoms with Gasteiger partial charge in [0.2, 0.25) is 5.91 Å². The van der Waals surface area contributed by atoms with Crippen molar-refractivity contribution in [2.24, 2.45) is 0 Å². The molecule has 9 heteroatoms. The number of alkyl halides is 2. The average Bonchev–Trinajstić information content (AvgIpc) is 3.05. The number of hydrogen-bond donors (Lipinski definition) is 1.